The molecule has 1 unspecified atom stereocenters. The van der Waals surface area contributed by atoms with E-state index in [1.807, 2.05) is 42.5 Å². The summed E-state index contributed by atoms with van der Waals surface area (Å²) in [5.74, 6) is -0.354. The lowest BCUT2D eigenvalue weighted by molar-refractivity contribution is -0.125. The topological polar surface area (TPSA) is 46.2 Å². The molecule has 0 saturated heterocycles. The Hall–Kier alpha value is -2.13. The molecule has 1 atom stereocenters. The molecule has 112 valence electrons. The van der Waals surface area contributed by atoms with E-state index in [1.165, 1.54) is 0 Å². The molecule has 0 saturated carbocycles. The van der Waals surface area contributed by atoms with E-state index in [9.17, 15) is 9.59 Å². The van der Waals surface area contributed by atoms with Gasteiger partial charge in [0.15, 0.2) is 5.78 Å². The summed E-state index contributed by atoms with van der Waals surface area (Å²) in [7, 11) is 0. The molecular formula is C18H16ClNO2. The summed E-state index contributed by atoms with van der Waals surface area (Å²) in [5.41, 5.74) is 2.58. The lowest BCUT2D eigenvalue weighted by Gasteiger charge is -2.23. The highest BCUT2D eigenvalue weighted by atomic mass is 35.5. The minimum absolute atomic E-state index is 0.0414. The Labute approximate surface area is 134 Å². The maximum absolute atomic E-state index is 12.3. The van der Waals surface area contributed by atoms with Gasteiger partial charge in [-0.25, -0.2) is 0 Å². The third-order valence-electron chi connectivity index (χ3n) is 4.00. The number of ketones is 1. The average molecular weight is 314 g/mol. The quantitative estimate of drug-likeness (QED) is 0.944. The third kappa shape index (κ3) is 3.04. The fourth-order valence-corrected chi connectivity index (χ4v) is 3.00. The monoisotopic (exact) mass is 313 g/mol. The number of amides is 1. The van der Waals surface area contributed by atoms with Gasteiger partial charge in [0.05, 0.1) is 0 Å². The summed E-state index contributed by atoms with van der Waals surface area (Å²) in [5, 5.41) is 3.52. The van der Waals surface area contributed by atoms with Crippen molar-refractivity contribution in [3.63, 3.8) is 0 Å². The van der Waals surface area contributed by atoms with E-state index in [-0.39, 0.29) is 24.0 Å². The van der Waals surface area contributed by atoms with Gasteiger partial charge in [0, 0.05) is 29.5 Å². The predicted molar refractivity (Wildman–Crippen MR) is 85.9 cm³/mol. The Balaban J connectivity index is 1.67. The van der Waals surface area contributed by atoms with Crippen LogP contribution in [-0.2, 0) is 17.8 Å². The standard InChI is InChI=1S/C18H16ClNO2/c19-16-8-4-2-6-13(16)11-20-18(22)14-9-12-5-1-3-7-15(12)17(21)10-14/h1-8,14H,9-11H2,(H,20,22). The highest BCUT2D eigenvalue weighted by molar-refractivity contribution is 6.31. The Kier molecular flexibility index (Phi) is 4.25. The molecule has 0 fully saturated rings. The van der Waals surface area contributed by atoms with Crippen LogP contribution in [0.3, 0.4) is 0 Å². The number of hydrogen-bond acceptors (Lipinski definition) is 2. The van der Waals surface area contributed by atoms with Crippen LogP contribution in [0.1, 0.15) is 27.9 Å². The average Bonchev–Trinajstić information content (AvgIpc) is 2.54. The summed E-state index contributed by atoms with van der Waals surface area (Å²) in [6.45, 7) is 0.380. The summed E-state index contributed by atoms with van der Waals surface area (Å²) in [4.78, 5) is 24.5. The summed E-state index contributed by atoms with van der Waals surface area (Å²) < 4.78 is 0. The zero-order valence-electron chi connectivity index (χ0n) is 12.0. The van der Waals surface area contributed by atoms with Gasteiger partial charge in [-0.15, -0.1) is 0 Å². The molecule has 2 aromatic carbocycles. The zero-order chi connectivity index (χ0) is 15.5. The molecule has 0 spiro atoms. The number of rotatable bonds is 3. The number of carbonyl (C=O) groups excluding carboxylic acids is 2. The molecule has 1 N–H and O–H groups in total. The molecule has 3 nitrogen and oxygen atoms in total. The number of hydrogen-bond donors (Lipinski definition) is 1. The first kappa shape index (κ1) is 14.8. The Bertz CT molecular complexity index is 727. The van der Waals surface area contributed by atoms with Crippen molar-refractivity contribution in [2.24, 2.45) is 5.92 Å². The highest BCUT2D eigenvalue weighted by Gasteiger charge is 2.29. The van der Waals surface area contributed by atoms with E-state index in [1.54, 1.807) is 6.07 Å². The van der Waals surface area contributed by atoms with Gasteiger partial charge in [0.25, 0.3) is 0 Å². The first-order valence-electron chi connectivity index (χ1n) is 7.27. The van der Waals surface area contributed by atoms with Crippen LogP contribution in [0.15, 0.2) is 48.5 Å². The molecule has 0 radical (unpaired) electrons. The molecule has 0 aliphatic heterocycles. The zero-order valence-corrected chi connectivity index (χ0v) is 12.8. The smallest absolute Gasteiger partial charge is 0.224 e. The molecule has 22 heavy (non-hydrogen) atoms. The first-order chi connectivity index (χ1) is 10.6. The number of Topliss-reactive ketones (excluding diaryl/α,β-unsaturated/α-hetero) is 1. The highest BCUT2D eigenvalue weighted by Crippen LogP contribution is 2.25. The van der Waals surface area contributed by atoms with Gasteiger partial charge in [-0.2, -0.15) is 0 Å². The third-order valence-corrected chi connectivity index (χ3v) is 4.37. The normalized spacial score (nSPS) is 17.0. The van der Waals surface area contributed by atoms with Gasteiger partial charge < -0.3 is 5.32 Å². The van der Waals surface area contributed by atoms with Crippen LogP contribution >= 0.6 is 11.6 Å². The van der Waals surface area contributed by atoms with E-state index in [0.717, 1.165) is 16.7 Å². The number of halogens is 1. The molecule has 2 aromatic rings. The Morgan fingerprint density at radius 1 is 1.09 bits per heavy atom. The fourth-order valence-electron chi connectivity index (χ4n) is 2.80. The predicted octanol–water partition coefficient (Wildman–Crippen LogP) is 3.40. The number of nitrogens with one attached hydrogen (secondary N) is 1. The molecule has 3 rings (SSSR count). The number of fused-ring (bicyclic) bond motifs is 1. The lowest BCUT2D eigenvalue weighted by atomic mass is 9.82. The fraction of sp³-hybridized carbons (Fsp3) is 0.222. The van der Waals surface area contributed by atoms with E-state index in [0.29, 0.717) is 18.0 Å². The summed E-state index contributed by atoms with van der Waals surface area (Å²) in [6, 6.07) is 14.9. The molecule has 1 aliphatic rings. The second kappa shape index (κ2) is 6.32. The van der Waals surface area contributed by atoms with E-state index in [2.05, 4.69) is 5.32 Å². The van der Waals surface area contributed by atoms with E-state index in [4.69, 9.17) is 11.6 Å². The van der Waals surface area contributed by atoms with Gasteiger partial charge >= 0.3 is 0 Å². The van der Waals surface area contributed by atoms with Gasteiger partial charge in [-0.05, 0) is 23.6 Å². The lowest BCUT2D eigenvalue weighted by Crippen LogP contribution is -2.35. The van der Waals surface area contributed by atoms with E-state index >= 15 is 0 Å². The first-order valence-corrected chi connectivity index (χ1v) is 7.65. The molecule has 0 aromatic heterocycles. The van der Waals surface area contributed by atoms with Crippen molar-refractivity contribution in [1.82, 2.24) is 5.32 Å². The minimum atomic E-state index is -0.301. The van der Waals surface area contributed by atoms with Crippen LogP contribution in [0, 0.1) is 5.92 Å². The van der Waals surface area contributed by atoms with E-state index < -0.39 is 0 Å². The van der Waals surface area contributed by atoms with Crippen molar-refractivity contribution >= 4 is 23.3 Å². The van der Waals surface area contributed by atoms with Crippen molar-refractivity contribution < 1.29 is 9.59 Å². The van der Waals surface area contributed by atoms with Gasteiger partial charge in [-0.3, -0.25) is 9.59 Å². The Morgan fingerprint density at radius 3 is 2.64 bits per heavy atom. The largest absolute Gasteiger partial charge is 0.352 e. The van der Waals surface area contributed by atoms with Crippen LogP contribution in [0.2, 0.25) is 5.02 Å². The number of benzene rings is 2. The number of carbonyl (C=O) groups is 2. The van der Waals surface area contributed by atoms with Crippen molar-refractivity contribution in [2.45, 2.75) is 19.4 Å². The molecular weight excluding hydrogens is 298 g/mol. The molecule has 4 heteroatoms. The van der Waals surface area contributed by atoms with Crippen LogP contribution in [0.5, 0.6) is 0 Å². The minimum Gasteiger partial charge on any atom is -0.352 e. The van der Waals surface area contributed by atoms with Crippen molar-refractivity contribution in [2.75, 3.05) is 0 Å². The second-order valence-electron chi connectivity index (χ2n) is 5.49. The van der Waals surface area contributed by atoms with Crippen molar-refractivity contribution in [3.05, 3.63) is 70.2 Å². The van der Waals surface area contributed by atoms with Crippen LogP contribution in [0.25, 0.3) is 0 Å². The summed E-state index contributed by atoms with van der Waals surface area (Å²) >= 11 is 6.08. The molecule has 1 aliphatic carbocycles. The van der Waals surface area contributed by atoms with Crippen molar-refractivity contribution in [3.8, 4) is 0 Å². The summed E-state index contributed by atoms with van der Waals surface area (Å²) in [6.07, 6.45) is 0.877. The van der Waals surface area contributed by atoms with Crippen molar-refractivity contribution in [1.29, 1.82) is 0 Å². The van der Waals surface area contributed by atoms with Crippen LogP contribution < -0.4 is 5.32 Å². The molecule has 0 bridgehead atoms. The van der Waals surface area contributed by atoms with Gasteiger partial charge in [0.1, 0.15) is 0 Å². The van der Waals surface area contributed by atoms with Gasteiger partial charge in [0.2, 0.25) is 5.91 Å². The Morgan fingerprint density at radius 2 is 1.82 bits per heavy atom. The van der Waals surface area contributed by atoms with Gasteiger partial charge in [-0.1, -0.05) is 54.1 Å². The molecule has 1 amide bonds. The maximum atomic E-state index is 12.3. The van der Waals surface area contributed by atoms with Crippen LogP contribution in [0.4, 0.5) is 0 Å². The maximum Gasteiger partial charge on any atom is 0.224 e. The SMILES string of the molecule is O=C1CC(C(=O)NCc2ccccc2Cl)Cc2ccccc21. The molecule has 0 heterocycles. The second-order valence-corrected chi connectivity index (χ2v) is 5.90. The van der Waals surface area contributed by atoms with Crippen LogP contribution in [-0.4, -0.2) is 11.7 Å².